The van der Waals surface area contributed by atoms with Crippen LogP contribution in [-0.2, 0) is 42.1 Å². The zero-order valence-corrected chi connectivity index (χ0v) is 29.2. The molecule has 0 radical (unpaired) electrons. The number of aromatic nitrogens is 1. The Morgan fingerprint density at radius 3 is 2.32 bits per heavy atom. The molecule has 3 fully saturated rings. The van der Waals surface area contributed by atoms with Crippen LogP contribution in [0.25, 0.3) is 0 Å². The molecule has 9 heteroatoms. The first kappa shape index (κ1) is 29.3. The first-order chi connectivity index (χ1) is 23.9. The van der Waals surface area contributed by atoms with Crippen molar-refractivity contribution in [3.63, 3.8) is 0 Å². The van der Waals surface area contributed by atoms with Crippen LogP contribution in [0.2, 0.25) is 0 Å². The van der Waals surface area contributed by atoms with E-state index >= 15 is 0 Å². The number of rotatable bonds is 5. The van der Waals surface area contributed by atoms with E-state index in [1.807, 2.05) is 6.07 Å². The Bertz CT molecular complexity index is 2070. The van der Waals surface area contributed by atoms with Crippen LogP contribution in [0.15, 0.2) is 24.3 Å². The molecule has 2 saturated carbocycles. The minimum absolute atomic E-state index is 0.0734. The van der Waals surface area contributed by atoms with E-state index in [1.165, 1.54) is 31.2 Å². The third kappa shape index (κ3) is 3.01. The van der Waals surface area contributed by atoms with Crippen molar-refractivity contribution < 1.29 is 29.9 Å². The van der Waals surface area contributed by atoms with E-state index in [2.05, 4.69) is 41.7 Å². The number of H-pyrrole nitrogens is 1. The summed E-state index contributed by atoms with van der Waals surface area (Å²) in [5.41, 5.74) is 3.19. The van der Waals surface area contributed by atoms with Gasteiger partial charge < -0.3 is 34.9 Å². The zero-order chi connectivity index (χ0) is 33.9. The van der Waals surface area contributed by atoms with Gasteiger partial charge in [0, 0.05) is 49.1 Å². The number of phenolic OH excluding ortho intramolecular Hbond substituents is 2. The third-order valence-corrected chi connectivity index (χ3v) is 16.0. The number of nitrogens with zero attached hydrogens (tertiary/aromatic N) is 2. The summed E-state index contributed by atoms with van der Waals surface area (Å²) >= 11 is 0. The Kier molecular flexibility index (Phi) is 5.10. The van der Waals surface area contributed by atoms with E-state index < -0.39 is 33.7 Å². The second-order valence-electron chi connectivity index (χ2n) is 18.2. The fourth-order valence-corrected chi connectivity index (χ4v) is 13.1. The number of aliphatic hydroxyl groups is 2. The number of hydrogen-bond donors (Lipinski definition) is 5. The SMILES string of the molecule is CN(CC1CC1)[C@@H]1Cc2ccc(O)c3c2[C@@]2(C)C(C)(O3)c3[nH]c4c(c3C[C@@]12O)C[C@@]1(O)[C@H]2Cc3ccc(O)c5c3[C@@]1(CCN2CC1CC1)[C@H]4O5. The van der Waals surface area contributed by atoms with Crippen molar-refractivity contribution in [3.8, 4) is 23.0 Å². The lowest BCUT2D eigenvalue weighted by molar-refractivity contribution is -0.174. The molecule has 2 aromatic carbocycles. The molecule has 262 valence electrons. The number of phenols is 2. The van der Waals surface area contributed by atoms with E-state index in [0.717, 1.165) is 71.7 Å². The molecule has 1 saturated heterocycles. The minimum Gasteiger partial charge on any atom is -0.504 e. The molecule has 9 nitrogen and oxygen atoms in total. The fraction of sp³-hybridized carbons (Fsp3) is 0.610. The van der Waals surface area contributed by atoms with E-state index in [4.69, 9.17) is 9.47 Å². The second-order valence-corrected chi connectivity index (χ2v) is 18.2. The number of benzene rings is 2. The van der Waals surface area contributed by atoms with Crippen LogP contribution in [0.4, 0.5) is 0 Å². The Morgan fingerprint density at radius 1 is 0.880 bits per heavy atom. The topological polar surface area (TPSA) is 122 Å². The van der Waals surface area contributed by atoms with E-state index in [1.54, 1.807) is 12.1 Å². The van der Waals surface area contributed by atoms with Gasteiger partial charge in [-0.25, -0.2) is 0 Å². The molecular weight excluding hydrogens is 630 g/mol. The van der Waals surface area contributed by atoms with Crippen LogP contribution >= 0.6 is 0 Å². The van der Waals surface area contributed by atoms with Gasteiger partial charge in [0.1, 0.15) is 0 Å². The van der Waals surface area contributed by atoms with E-state index in [9.17, 15) is 20.4 Å². The van der Waals surface area contributed by atoms with Crippen molar-refractivity contribution in [1.82, 2.24) is 14.8 Å². The van der Waals surface area contributed by atoms with Gasteiger partial charge in [-0.2, -0.15) is 0 Å². The van der Waals surface area contributed by atoms with Gasteiger partial charge in [0.25, 0.3) is 0 Å². The van der Waals surface area contributed by atoms with E-state index in [0.29, 0.717) is 42.6 Å². The molecule has 0 amide bonds. The maximum Gasteiger partial charge on any atom is 0.166 e. The van der Waals surface area contributed by atoms with Gasteiger partial charge in [0.2, 0.25) is 0 Å². The Hall–Kier alpha value is -3.24. The van der Waals surface area contributed by atoms with Crippen LogP contribution < -0.4 is 9.47 Å². The van der Waals surface area contributed by atoms with Crippen molar-refractivity contribution >= 4 is 0 Å². The summed E-state index contributed by atoms with van der Waals surface area (Å²) in [4.78, 5) is 8.87. The molecule has 8 atom stereocenters. The molecule has 1 unspecified atom stereocenters. The molecular formula is C41H47N3O6. The predicted octanol–water partition coefficient (Wildman–Crippen LogP) is 4.24. The average Bonchev–Trinajstić information content (AvgIpc) is 3.99. The lowest BCUT2D eigenvalue weighted by atomic mass is 9.47. The maximum atomic E-state index is 13.6. The van der Waals surface area contributed by atoms with Crippen molar-refractivity contribution in [2.24, 2.45) is 11.8 Å². The number of aromatic amines is 1. The van der Waals surface area contributed by atoms with Gasteiger partial charge in [-0.05, 0) is 119 Å². The summed E-state index contributed by atoms with van der Waals surface area (Å²) in [7, 11) is 2.17. The first-order valence-corrected chi connectivity index (χ1v) is 19.1. The summed E-state index contributed by atoms with van der Waals surface area (Å²) in [5, 5.41) is 49.7. The average molecular weight is 678 g/mol. The van der Waals surface area contributed by atoms with Crippen LogP contribution in [-0.4, -0.2) is 85.2 Å². The Balaban J connectivity index is 1.09. The smallest absolute Gasteiger partial charge is 0.166 e. The lowest BCUT2D eigenvalue weighted by Crippen LogP contribution is -2.75. The van der Waals surface area contributed by atoms with Gasteiger partial charge in [0.05, 0.1) is 33.4 Å². The number of likely N-dealkylation sites (tertiary alicyclic amines) is 1. The molecule has 6 aliphatic carbocycles. The summed E-state index contributed by atoms with van der Waals surface area (Å²) in [5.74, 6) is 2.59. The minimum atomic E-state index is -1.22. The van der Waals surface area contributed by atoms with Gasteiger partial charge >= 0.3 is 0 Å². The van der Waals surface area contributed by atoms with Gasteiger partial charge in [-0.3, -0.25) is 9.80 Å². The number of hydrogen-bond acceptors (Lipinski definition) is 8. The van der Waals surface area contributed by atoms with Crippen LogP contribution in [0.1, 0.15) is 96.8 Å². The monoisotopic (exact) mass is 677 g/mol. The summed E-state index contributed by atoms with van der Waals surface area (Å²) < 4.78 is 14.0. The third-order valence-electron chi connectivity index (χ3n) is 16.0. The zero-order valence-electron chi connectivity index (χ0n) is 29.2. The summed E-state index contributed by atoms with van der Waals surface area (Å²) in [6.45, 7) is 7.09. The van der Waals surface area contributed by atoms with Crippen molar-refractivity contribution in [1.29, 1.82) is 0 Å². The quantitative estimate of drug-likeness (QED) is 0.272. The highest BCUT2D eigenvalue weighted by atomic mass is 16.5. The first-order valence-electron chi connectivity index (χ1n) is 19.1. The predicted molar refractivity (Wildman–Crippen MR) is 184 cm³/mol. The van der Waals surface area contributed by atoms with Gasteiger partial charge in [0.15, 0.2) is 34.7 Å². The molecule has 2 bridgehead atoms. The van der Waals surface area contributed by atoms with Crippen LogP contribution in [0.3, 0.4) is 0 Å². The number of likely N-dealkylation sites (N-methyl/N-ethyl adjacent to an activating group) is 1. The summed E-state index contributed by atoms with van der Waals surface area (Å²) in [6.07, 6.45) is 7.48. The number of nitrogens with one attached hydrogen (secondary N) is 1. The molecule has 12 rings (SSSR count). The number of piperidine rings is 1. The highest BCUT2D eigenvalue weighted by molar-refractivity contribution is 5.69. The van der Waals surface area contributed by atoms with Gasteiger partial charge in [-0.1, -0.05) is 12.1 Å². The molecule has 9 aliphatic rings. The van der Waals surface area contributed by atoms with Crippen molar-refractivity contribution in [2.75, 3.05) is 26.7 Å². The standard InChI is InChI=1S/C41H47N3O6/c1-37-30-22-8-11-27(46)34(30)50-38(37,2)35-25(17-40(37,47)28(14-22)43(3)18-20-4-5-20)24-16-41(48)29-15-23-9-10-26(45)33-31(23)39(41,36(49-33)32(24)42-35)12-13-44(29)19-21-6-7-21/h8-11,20-21,28-29,36,42,45-48H,4-7,12-19H2,1-3H3/t28-,29-,36+,37+,38?,39+,40-,41-/m1/s1. The number of ether oxygens (including phenoxy) is 2. The van der Waals surface area contributed by atoms with Crippen molar-refractivity contribution in [2.45, 2.75) is 117 Å². The van der Waals surface area contributed by atoms with Gasteiger partial charge in [-0.15, -0.1) is 0 Å². The molecule has 3 aliphatic heterocycles. The van der Waals surface area contributed by atoms with E-state index in [-0.39, 0.29) is 23.6 Å². The molecule has 1 aromatic heterocycles. The summed E-state index contributed by atoms with van der Waals surface area (Å²) in [6, 6.07) is 7.37. The Morgan fingerprint density at radius 2 is 1.58 bits per heavy atom. The van der Waals surface area contributed by atoms with Crippen LogP contribution in [0, 0.1) is 11.8 Å². The highest BCUT2D eigenvalue weighted by Crippen LogP contribution is 2.72. The molecule has 5 N–H and O–H groups in total. The maximum absolute atomic E-state index is 13.6. The largest absolute Gasteiger partial charge is 0.504 e. The molecule has 3 aromatic rings. The normalized spacial score (nSPS) is 40.9. The number of aromatic hydroxyl groups is 2. The lowest BCUT2D eigenvalue weighted by Gasteiger charge is -2.63. The molecule has 50 heavy (non-hydrogen) atoms. The number of fused-ring (bicyclic) bond motifs is 5. The molecule has 1 spiro atoms. The highest BCUT2D eigenvalue weighted by Gasteiger charge is 2.77. The van der Waals surface area contributed by atoms with Crippen LogP contribution in [0.5, 0.6) is 23.0 Å². The second kappa shape index (κ2) is 8.68. The van der Waals surface area contributed by atoms with Crippen molar-refractivity contribution in [3.05, 3.63) is 69.0 Å². The fourth-order valence-electron chi connectivity index (χ4n) is 13.1. The molecule has 4 heterocycles. The Labute approximate surface area is 292 Å².